The van der Waals surface area contributed by atoms with Gasteiger partial charge in [-0.3, -0.25) is 14.6 Å². The maximum absolute atomic E-state index is 10.9. The van der Waals surface area contributed by atoms with E-state index in [0.717, 1.165) is 38.9 Å². The van der Waals surface area contributed by atoms with Gasteiger partial charge in [-0.05, 0) is 82.4 Å². The number of likely N-dealkylation sites (tertiary alicyclic amines) is 1. The van der Waals surface area contributed by atoms with Gasteiger partial charge >= 0.3 is 5.97 Å². The van der Waals surface area contributed by atoms with Crippen LogP contribution in [0.5, 0.6) is 0 Å². The van der Waals surface area contributed by atoms with Crippen molar-refractivity contribution >= 4 is 5.97 Å². The van der Waals surface area contributed by atoms with Crippen LogP contribution in [0, 0.1) is 20.8 Å². The van der Waals surface area contributed by atoms with E-state index in [-0.39, 0.29) is 6.54 Å². The number of hydrogen-bond acceptors (Lipinski definition) is 3. The van der Waals surface area contributed by atoms with Gasteiger partial charge in [0.1, 0.15) is 0 Å². The monoisotopic (exact) mass is 318 g/mol. The van der Waals surface area contributed by atoms with E-state index >= 15 is 0 Å². The molecular formula is C19H30N2O2. The van der Waals surface area contributed by atoms with E-state index in [9.17, 15) is 4.79 Å². The van der Waals surface area contributed by atoms with Crippen LogP contribution in [0.4, 0.5) is 0 Å². The van der Waals surface area contributed by atoms with E-state index in [4.69, 9.17) is 5.11 Å². The van der Waals surface area contributed by atoms with Crippen LogP contribution >= 0.6 is 0 Å². The van der Waals surface area contributed by atoms with Gasteiger partial charge in [0.25, 0.3) is 0 Å². The maximum Gasteiger partial charge on any atom is 0.317 e. The zero-order chi connectivity index (χ0) is 17.0. The summed E-state index contributed by atoms with van der Waals surface area (Å²) in [5.74, 6) is -0.737. The second kappa shape index (κ2) is 7.93. The standard InChI is InChI=1S/C19H30N2O2/c1-14-10-16(3)17(11-15(14)2)12-21-8-5-6-18(7-9-21)20(4)13-19(22)23/h10-11,18H,5-9,12-13H2,1-4H3,(H,22,23). The van der Waals surface area contributed by atoms with Gasteiger partial charge < -0.3 is 5.11 Å². The molecule has 23 heavy (non-hydrogen) atoms. The minimum atomic E-state index is -0.737. The predicted octanol–water partition coefficient (Wildman–Crippen LogP) is 2.98. The van der Waals surface area contributed by atoms with E-state index < -0.39 is 5.97 Å². The summed E-state index contributed by atoms with van der Waals surface area (Å²) in [5.41, 5.74) is 5.51. The second-order valence-corrected chi connectivity index (χ2v) is 7.03. The Kier molecular flexibility index (Phi) is 6.19. The normalized spacial score (nSPS) is 19.8. The van der Waals surface area contributed by atoms with Gasteiger partial charge in [0, 0.05) is 12.6 Å². The third-order valence-electron chi connectivity index (χ3n) is 5.14. The molecule has 1 heterocycles. The highest BCUT2D eigenvalue weighted by Crippen LogP contribution is 2.21. The number of aliphatic carboxylic acids is 1. The lowest BCUT2D eigenvalue weighted by Gasteiger charge is -2.26. The predicted molar refractivity (Wildman–Crippen MR) is 93.8 cm³/mol. The van der Waals surface area contributed by atoms with E-state index in [1.807, 2.05) is 11.9 Å². The average molecular weight is 318 g/mol. The Balaban J connectivity index is 1.96. The van der Waals surface area contributed by atoms with Gasteiger partial charge in [0.15, 0.2) is 0 Å². The van der Waals surface area contributed by atoms with Crippen molar-refractivity contribution in [2.24, 2.45) is 0 Å². The lowest BCUT2D eigenvalue weighted by atomic mass is 10.0. The van der Waals surface area contributed by atoms with Gasteiger partial charge in [-0.2, -0.15) is 0 Å². The SMILES string of the molecule is Cc1cc(C)c(CN2CCCC(N(C)CC(=O)O)CC2)cc1C. The fraction of sp³-hybridized carbons (Fsp3) is 0.632. The summed E-state index contributed by atoms with van der Waals surface area (Å²) >= 11 is 0. The number of benzene rings is 1. The van der Waals surface area contributed by atoms with Crippen LogP contribution in [0.3, 0.4) is 0 Å². The molecule has 0 aromatic heterocycles. The molecular weight excluding hydrogens is 288 g/mol. The van der Waals surface area contributed by atoms with E-state index in [1.54, 1.807) is 0 Å². The minimum absolute atomic E-state index is 0.140. The molecule has 1 aromatic carbocycles. The third-order valence-corrected chi connectivity index (χ3v) is 5.14. The largest absolute Gasteiger partial charge is 0.480 e. The van der Waals surface area contributed by atoms with Crippen molar-refractivity contribution in [3.05, 3.63) is 34.4 Å². The summed E-state index contributed by atoms with van der Waals surface area (Å²) in [6.45, 7) is 9.83. The van der Waals surface area contributed by atoms with Crippen LogP contribution in [0.15, 0.2) is 12.1 Å². The second-order valence-electron chi connectivity index (χ2n) is 7.03. The van der Waals surface area contributed by atoms with Crippen LogP contribution in [-0.4, -0.2) is 53.6 Å². The molecule has 0 saturated carbocycles. The summed E-state index contributed by atoms with van der Waals surface area (Å²) in [5, 5.41) is 8.96. The summed E-state index contributed by atoms with van der Waals surface area (Å²) in [6, 6.07) is 4.99. The number of nitrogens with zero attached hydrogens (tertiary/aromatic N) is 2. The van der Waals surface area contributed by atoms with Gasteiger partial charge in [-0.25, -0.2) is 0 Å². The van der Waals surface area contributed by atoms with Gasteiger partial charge in [-0.15, -0.1) is 0 Å². The number of rotatable bonds is 5. The molecule has 0 radical (unpaired) electrons. The van der Waals surface area contributed by atoms with Crippen molar-refractivity contribution < 1.29 is 9.90 Å². The molecule has 0 spiro atoms. The van der Waals surface area contributed by atoms with Gasteiger partial charge in [0.05, 0.1) is 6.54 Å². The molecule has 1 saturated heterocycles. The number of carboxylic acids is 1. The van der Waals surface area contributed by atoms with Crippen molar-refractivity contribution in [3.63, 3.8) is 0 Å². The minimum Gasteiger partial charge on any atom is -0.480 e. The van der Waals surface area contributed by atoms with Gasteiger partial charge in [0.2, 0.25) is 0 Å². The van der Waals surface area contributed by atoms with Crippen molar-refractivity contribution in [3.8, 4) is 0 Å². The first-order valence-electron chi connectivity index (χ1n) is 8.58. The molecule has 0 aliphatic carbocycles. The fourth-order valence-corrected chi connectivity index (χ4v) is 3.51. The van der Waals surface area contributed by atoms with Crippen molar-refractivity contribution in [2.45, 2.75) is 52.6 Å². The summed E-state index contributed by atoms with van der Waals surface area (Å²) in [6.07, 6.45) is 3.28. The molecule has 0 bridgehead atoms. The summed E-state index contributed by atoms with van der Waals surface area (Å²) in [7, 11) is 1.93. The Bertz CT molecular complexity index is 557. The first-order valence-corrected chi connectivity index (χ1v) is 8.58. The molecule has 1 unspecified atom stereocenters. The highest BCUT2D eigenvalue weighted by Gasteiger charge is 2.22. The first-order chi connectivity index (χ1) is 10.9. The smallest absolute Gasteiger partial charge is 0.317 e. The number of carbonyl (C=O) groups is 1. The zero-order valence-electron chi connectivity index (χ0n) is 14.9. The lowest BCUT2D eigenvalue weighted by molar-refractivity contribution is -0.138. The highest BCUT2D eigenvalue weighted by molar-refractivity contribution is 5.69. The maximum atomic E-state index is 10.9. The van der Waals surface area contributed by atoms with E-state index in [2.05, 4.69) is 37.8 Å². The number of likely N-dealkylation sites (N-methyl/N-ethyl adjacent to an activating group) is 1. The molecule has 4 nitrogen and oxygen atoms in total. The molecule has 1 aliphatic heterocycles. The molecule has 1 fully saturated rings. The third kappa shape index (κ3) is 5.05. The van der Waals surface area contributed by atoms with Crippen molar-refractivity contribution in [2.75, 3.05) is 26.7 Å². The number of aryl methyl sites for hydroxylation is 3. The zero-order valence-corrected chi connectivity index (χ0v) is 14.9. The summed E-state index contributed by atoms with van der Waals surface area (Å²) < 4.78 is 0. The topological polar surface area (TPSA) is 43.8 Å². The Morgan fingerprint density at radius 3 is 2.57 bits per heavy atom. The Hall–Kier alpha value is -1.39. The van der Waals surface area contributed by atoms with Crippen LogP contribution in [0.1, 0.15) is 41.5 Å². The average Bonchev–Trinajstić information content (AvgIpc) is 2.69. The molecule has 4 heteroatoms. The lowest BCUT2D eigenvalue weighted by Crippen LogP contribution is -2.36. The van der Waals surface area contributed by atoms with E-state index in [0.29, 0.717) is 6.04 Å². The van der Waals surface area contributed by atoms with E-state index in [1.165, 1.54) is 22.3 Å². The molecule has 128 valence electrons. The molecule has 1 atom stereocenters. The van der Waals surface area contributed by atoms with Crippen LogP contribution in [-0.2, 0) is 11.3 Å². The number of hydrogen-bond donors (Lipinski definition) is 1. The summed E-state index contributed by atoms with van der Waals surface area (Å²) in [4.78, 5) is 15.4. The Morgan fingerprint density at radius 1 is 1.17 bits per heavy atom. The molecule has 0 amide bonds. The fourth-order valence-electron chi connectivity index (χ4n) is 3.51. The quantitative estimate of drug-likeness (QED) is 0.906. The molecule has 2 rings (SSSR count). The number of carboxylic acid groups (broad SMARTS) is 1. The Morgan fingerprint density at radius 2 is 1.87 bits per heavy atom. The molecule has 1 N–H and O–H groups in total. The van der Waals surface area contributed by atoms with Crippen LogP contribution < -0.4 is 0 Å². The first kappa shape index (κ1) is 18.0. The van der Waals surface area contributed by atoms with Crippen molar-refractivity contribution in [1.82, 2.24) is 9.80 Å². The van der Waals surface area contributed by atoms with Crippen LogP contribution in [0.25, 0.3) is 0 Å². The molecule has 1 aliphatic rings. The Labute approximate surface area is 140 Å². The van der Waals surface area contributed by atoms with Crippen molar-refractivity contribution in [1.29, 1.82) is 0 Å². The van der Waals surface area contributed by atoms with Crippen LogP contribution in [0.2, 0.25) is 0 Å². The highest BCUT2D eigenvalue weighted by atomic mass is 16.4. The molecule has 1 aromatic rings. The van der Waals surface area contributed by atoms with Gasteiger partial charge in [-0.1, -0.05) is 12.1 Å².